The number of halogens is 4. The van der Waals surface area contributed by atoms with Gasteiger partial charge in [0.1, 0.15) is 12.1 Å². The second-order valence-corrected chi connectivity index (χ2v) is 15.7. The fraction of sp³-hybridized carbons (Fsp3) is 0.381. The van der Waals surface area contributed by atoms with Gasteiger partial charge in [-0.05, 0) is 86.0 Å². The van der Waals surface area contributed by atoms with Crippen LogP contribution in [-0.4, -0.2) is 66.8 Å². The monoisotopic (exact) mass is 784 g/mol. The predicted octanol–water partition coefficient (Wildman–Crippen LogP) is 9.13. The number of rotatable bonds is 7. The predicted molar refractivity (Wildman–Crippen MR) is 219 cm³/mol. The van der Waals surface area contributed by atoms with Gasteiger partial charge in [-0.3, -0.25) is 0 Å². The number of hydrogen-bond donors (Lipinski definition) is 2. The first kappa shape index (κ1) is 39.0. The molecule has 0 spiro atoms. The van der Waals surface area contributed by atoms with Gasteiger partial charge in [-0.15, -0.1) is 5.10 Å². The number of anilines is 3. The third kappa shape index (κ3) is 7.13. The molecule has 8 rings (SSSR count). The average molecular weight is 785 g/mol. The van der Waals surface area contributed by atoms with E-state index in [1.807, 2.05) is 11.6 Å². The molecule has 0 bridgehead atoms. The second kappa shape index (κ2) is 15.0. The molecule has 294 valence electrons. The minimum absolute atomic E-state index is 0.0136. The molecule has 4 aliphatic rings. The molecule has 0 saturated carbocycles. The lowest BCUT2D eigenvalue weighted by atomic mass is 9.86. The van der Waals surface area contributed by atoms with Gasteiger partial charge in [-0.2, -0.15) is 22.8 Å². The van der Waals surface area contributed by atoms with E-state index in [0.29, 0.717) is 17.5 Å². The van der Waals surface area contributed by atoms with E-state index in [1.165, 1.54) is 47.5 Å². The molecule has 0 radical (unpaired) electrons. The SMILES string of the molecule is C=C(c1ncnc(N)c1C)N1CCN(C2=C3CCCN3c3nc(-c4ccc5c(c4)CCC5(C)C)nn3C2=C)C(CC)C1.C=CNc1ccc(C(F)(F)F)cc1Cl. The lowest BCUT2D eigenvalue weighted by molar-refractivity contribution is -0.137. The quantitative estimate of drug-likeness (QED) is 0.190. The summed E-state index contributed by atoms with van der Waals surface area (Å²) in [7, 11) is 0. The molecule has 14 heteroatoms. The Labute approximate surface area is 331 Å². The Hall–Kier alpha value is -5.30. The number of benzene rings is 2. The summed E-state index contributed by atoms with van der Waals surface area (Å²) in [5, 5.41) is 7.71. The van der Waals surface area contributed by atoms with Crippen LogP contribution in [0.15, 0.2) is 80.1 Å². The molecule has 2 fully saturated rings. The van der Waals surface area contributed by atoms with Crippen molar-refractivity contribution in [2.45, 2.75) is 77.4 Å². The van der Waals surface area contributed by atoms with Crippen molar-refractivity contribution < 1.29 is 13.2 Å². The number of allylic oxidation sites excluding steroid dienone is 2. The van der Waals surface area contributed by atoms with Gasteiger partial charge in [0.25, 0.3) is 0 Å². The highest BCUT2D eigenvalue weighted by atomic mass is 35.5. The van der Waals surface area contributed by atoms with Gasteiger partial charge < -0.3 is 25.8 Å². The maximum Gasteiger partial charge on any atom is 0.416 e. The van der Waals surface area contributed by atoms with Crippen LogP contribution in [0.2, 0.25) is 5.02 Å². The number of fused-ring (bicyclic) bond motifs is 4. The highest BCUT2D eigenvalue weighted by Gasteiger charge is 2.40. The maximum atomic E-state index is 12.2. The molecule has 56 heavy (non-hydrogen) atoms. The van der Waals surface area contributed by atoms with Crippen molar-refractivity contribution in [3.05, 3.63) is 113 Å². The van der Waals surface area contributed by atoms with E-state index in [4.69, 9.17) is 27.4 Å². The number of nitrogens with one attached hydrogen (secondary N) is 1. The van der Waals surface area contributed by atoms with Gasteiger partial charge in [0.05, 0.1) is 39.1 Å². The number of hydrogen-bond acceptors (Lipinski definition) is 9. The zero-order chi connectivity index (χ0) is 40.1. The van der Waals surface area contributed by atoms with E-state index in [0.717, 1.165) is 104 Å². The third-order valence-electron chi connectivity index (χ3n) is 11.4. The van der Waals surface area contributed by atoms with Crippen LogP contribution in [0.4, 0.5) is 30.6 Å². The molecule has 1 unspecified atom stereocenters. The standard InChI is InChI=1S/C33H41N9.C9H7ClF3N/c1-7-25-18-39(21(3)28-20(2)30(34)36-19-35-28)15-16-40(25)29-22(4)42-32(41-14-8-9-27(29)41)37-31(38-42)24-10-11-26-23(17-24)12-13-33(26,5)6;1-2-14-8-4-3-6(5-7(8)10)9(11,12)13/h10-11,17,19,25H,3-4,7-9,12-16,18H2,1-2,5-6H3,(H2,34,35,36);2-5,14H,1H2. The van der Waals surface area contributed by atoms with E-state index in [2.05, 4.69) is 88.7 Å². The molecular formula is C42H48ClF3N10. The first-order valence-corrected chi connectivity index (χ1v) is 19.3. The minimum Gasteiger partial charge on any atom is -0.383 e. The Morgan fingerprint density at radius 1 is 1.11 bits per heavy atom. The van der Waals surface area contributed by atoms with Gasteiger partial charge in [0.2, 0.25) is 5.95 Å². The summed E-state index contributed by atoms with van der Waals surface area (Å²) >= 11 is 5.60. The smallest absolute Gasteiger partial charge is 0.383 e. The fourth-order valence-corrected chi connectivity index (χ4v) is 8.51. The maximum absolute atomic E-state index is 12.2. The number of nitrogens with two attached hydrogens (primary N) is 1. The molecule has 2 aromatic heterocycles. The van der Waals surface area contributed by atoms with Gasteiger partial charge in [0, 0.05) is 49.0 Å². The molecular weight excluding hydrogens is 737 g/mol. The van der Waals surface area contributed by atoms with Gasteiger partial charge in [-0.1, -0.05) is 64.2 Å². The van der Waals surface area contributed by atoms with Crippen molar-refractivity contribution in [3.63, 3.8) is 0 Å². The van der Waals surface area contributed by atoms with Crippen molar-refractivity contribution in [3.8, 4) is 11.4 Å². The number of nitrogens with zero attached hydrogens (tertiary/aromatic N) is 8. The lowest BCUT2D eigenvalue weighted by Gasteiger charge is -2.47. The molecule has 5 heterocycles. The molecule has 1 aliphatic carbocycles. The van der Waals surface area contributed by atoms with Gasteiger partial charge in [-0.25, -0.2) is 9.97 Å². The second-order valence-electron chi connectivity index (χ2n) is 15.3. The summed E-state index contributed by atoms with van der Waals surface area (Å²) in [5.74, 6) is 2.17. The van der Waals surface area contributed by atoms with Gasteiger partial charge in [0.15, 0.2) is 5.82 Å². The summed E-state index contributed by atoms with van der Waals surface area (Å²) in [4.78, 5) is 21.0. The number of aryl methyl sites for hydroxylation is 1. The molecule has 3 N–H and O–H groups in total. The van der Waals surface area contributed by atoms with E-state index in [9.17, 15) is 13.2 Å². The van der Waals surface area contributed by atoms with Crippen LogP contribution in [0.25, 0.3) is 22.8 Å². The Balaban J connectivity index is 0.000000292. The van der Waals surface area contributed by atoms with Crippen LogP contribution in [0.5, 0.6) is 0 Å². The summed E-state index contributed by atoms with van der Waals surface area (Å²) < 4.78 is 38.5. The van der Waals surface area contributed by atoms with Crippen LogP contribution in [0.3, 0.4) is 0 Å². The van der Waals surface area contributed by atoms with Crippen molar-refractivity contribution >= 4 is 40.4 Å². The molecule has 3 aliphatic heterocycles. The van der Waals surface area contributed by atoms with Crippen LogP contribution in [0, 0.1) is 6.92 Å². The summed E-state index contributed by atoms with van der Waals surface area (Å²) in [5.41, 5.74) is 16.0. The van der Waals surface area contributed by atoms with Gasteiger partial charge >= 0.3 is 6.18 Å². The summed E-state index contributed by atoms with van der Waals surface area (Å²) in [6, 6.07) is 10.2. The van der Waals surface area contributed by atoms with Crippen molar-refractivity contribution in [2.75, 3.05) is 42.1 Å². The normalized spacial score (nSPS) is 18.6. The Morgan fingerprint density at radius 3 is 2.61 bits per heavy atom. The first-order chi connectivity index (χ1) is 26.6. The number of alkyl halides is 3. The zero-order valence-electron chi connectivity index (χ0n) is 32.3. The van der Waals surface area contributed by atoms with E-state index in [1.54, 1.807) is 0 Å². The number of piperazine rings is 1. The lowest BCUT2D eigenvalue weighted by Crippen LogP contribution is -2.53. The van der Waals surface area contributed by atoms with Crippen LogP contribution in [0.1, 0.15) is 74.4 Å². The number of aromatic nitrogens is 5. The van der Waals surface area contributed by atoms with E-state index >= 15 is 0 Å². The molecule has 0 amide bonds. The van der Waals surface area contributed by atoms with Crippen LogP contribution >= 0.6 is 11.6 Å². The third-order valence-corrected chi connectivity index (χ3v) is 11.8. The van der Waals surface area contributed by atoms with Crippen molar-refractivity contribution in [1.82, 2.24) is 34.5 Å². The number of nitrogen functional groups attached to an aromatic ring is 1. The van der Waals surface area contributed by atoms with E-state index < -0.39 is 11.7 Å². The largest absolute Gasteiger partial charge is 0.416 e. The topological polar surface area (TPSA) is 104 Å². The zero-order valence-corrected chi connectivity index (χ0v) is 33.1. The van der Waals surface area contributed by atoms with Crippen molar-refractivity contribution in [1.29, 1.82) is 0 Å². The summed E-state index contributed by atoms with van der Waals surface area (Å²) in [6.45, 7) is 24.8. The minimum atomic E-state index is -4.36. The summed E-state index contributed by atoms with van der Waals surface area (Å²) in [6.07, 6.45) is 3.92. The van der Waals surface area contributed by atoms with E-state index in [-0.39, 0.29) is 10.4 Å². The molecule has 1 atom stereocenters. The first-order valence-electron chi connectivity index (χ1n) is 19.0. The average Bonchev–Trinajstić information content (AvgIpc) is 3.91. The van der Waals surface area contributed by atoms with Crippen molar-refractivity contribution in [2.24, 2.45) is 0 Å². The fourth-order valence-electron chi connectivity index (χ4n) is 8.27. The van der Waals surface area contributed by atoms with Crippen LogP contribution < -0.4 is 16.0 Å². The Bertz CT molecular complexity index is 2240. The highest BCUT2D eigenvalue weighted by Crippen LogP contribution is 2.44. The Morgan fingerprint density at radius 2 is 1.89 bits per heavy atom. The van der Waals surface area contributed by atoms with Crippen LogP contribution in [-0.2, 0) is 18.0 Å². The molecule has 10 nitrogen and oxygen atoms in total. The Kier molecular flexibility index (Phi) is 10.4. The molecule has 2 aromatic carbocycles. The molecule has 4 aromatic rings. The molecule has 2 saturated heterocycles. The highest BCUT2D eigenvalue weighted by molar-refractivity contribution is 6.33.